The van der Waals surface area contributed by atoms with Crippen LogP contribution in [0.2, 0.25) is 0 Å². The lowest BCUT2D eigenvalue weighted by molar-refractivity contribution is -0.142. The van der Waals surface area contributed by atoms with Crippen molar-refractivity contribution >= 4 is 17.6 Å². The third-order valence-electron chi connectivity index (χ3n) is 3.55. The highest BCUT2D eigenvalue weighted by molar-refractivity contribution is 5.80. The number of rotatable bonds is 2. The van der Waals surface area contributed by atoms with Gasteiger partial charge in [0.25, 0.3) is 0 Å². The fourth-order valence-corrected chi connectivity index (χ4v) is 2.34. The van der Waals surface area contributed by atoms with Crippen LogP contribution in [0.15, 0.2) is 18.2 Å². The van der Waals surface area contributed by atoms with E-state index >= 15 is 0 Å². The van der Waals surface area contributed by atoms with E-state index in [4.69, 9.17) is 10.8 Å². The molecule has 19 heavy (non-hydrogen) atoms. The van der Waals surface area contributed by atoms with Crippen LogP contribution in [-0.4, -0.2) is 44.3 Å². The van der Waals surface area contributed by atoms with E-state index in [2.05, 4.69) is 10.1 Å². The Kier molecular flexibility index (Phi) is 2.46. The summed E-state index contributed by atoms with van der Waals surface area (Å²) in [5.41, 5.74) is 6.38. The lowest BCUT2D eigenvalue weighted by Crippen LogP contribution is -2.50. The standard InChI is InChI=1S/C12H15N5O2/c1-8-3-2-4-9-14-11(15-17(8)9)16-6-5-12(13,7-16)10(18)19/h2-4H,5-7,13H2,1H3,(H,18,19). The van der Waals surface area contributed by atoms with Gasteiger partial charge in [0.15, 0.2) is 5.65 Å². The maximum atomic E-state index is 11.1. The molecule has 7 heteroatoms. The molecule has 2 aromatic heterocycles. The zero-order valence-corrected chi connectivity index (χ0v) is 10.6. The Morgan fingerprint density at radius 2 is 2.32 bits per heavy atom. The molecule has 0 saturated carbocycles. The minimum absolute atomic E-state index is 0.234. The Hall–Kier alpha value is -2.15. The van der Waals surface area contributed by atoms with Crippen LogP contribution in [0, 0.1) is 6.92 Å². The van der Waals surface area contributed by atoms with Crippen molar-refractivity contribution in [2.75, 3.05) is 18.0 Å². The summed E-state index contributed by atoms with van der Waals surface area (Å²) in [7, 11) is 0. The second-order valence-electron chi connectivity index (χ2n) is 4.98. The van der Waals surface area contributed by atoms with Gasteiger partial charge in [-0.15, -0.1) is 5.10 Å². The molecule has 1 saturated heterocycles. The lowest BCUT2D eigenvalue weighted by atomic mass is 10.0. The maximum absolute atomic E-state index is 11.1. The van der Waals surface area contributed by atoms with Crippen molar-refractivity contribution in [3.63, 3.8) is 0 Å². The Balaban J connectivity index is 1.94. The summed E-state index contributed by atoms with van der Waals surface area (Å²) >= 11 is 0. The van der Waals surface area contributed by atoms with E-state index in [1.807, 2.05) is 30.0 Å². The van der Waals surface area contributed by atoms with Gasteiger partial charge in [-0.2, -0.15) is 4.98 Å². The number of hydrogen-bond donors (Lipinski definition) is 2. The molecule has 100 valence electrons. The molecule has 3 rings (SSSR count). The third-order valence-corrected chi connectivity index (χ3v) is 3.55. The second-order valence-corrected chi connectivity index (χ2v) is 4.98. The second kappa shape index (κ2) is 3.92. The summed E-state index contributed by atoms with van der Waals surface area (Å²) in [4.78, 5) is 17.4. The number of carbonyl (C=O) groups is 1. The van der Waals surface area contributed by atoms with Crippen LogP contribution in [0.25, 0.3) is 5.65 Å². The Morgan fingerprint density at radius 3 is 2.95 bits per heavy atom. The number of carboxylic acids is 1. The SMILES string of the molecule is Cc1cccc2nc(N3CCC(N)(C(=O)O)C3)nn12. The van der Waals surface area contributed by atoms with E-state index in [0.717, 1.165) is 11.3 Å². The zero-order chi connectivity index (χ0) is 13.6. The fraction of sp³-hybridized carbons (Fsp3) is 0.417. The number of hydrogen-bond acceptors (Lipinski definition) is 5. The highest BCUT2D eigenvalue weighted by Crippen LogP contribution is 2.23. The van der Waals surface area contributed by atoms with Crippen LogP contribution in [0.3, 0.4) is 0 Å². The highest BCUT2D eigenvalue weighted by Gasteiger charge is 2.42. The molecule has 0 amide bonds. The van der Waals surface area contributed by atoms with Crippen LogP contribution in [0.1, 0.15) is 12.1 Å². The number of carboxylic acid groups (broad SMARTS) is 1. The average Bonchev–Trinajstić information content (AvgIpc) is 2.94. The topological polar surface area (TPSA) is 96.8 Å². The first-order valence-electron chi connectivity index (χ1n) is 6.09. The number of aryl methyl sites for hydroxylation is 1. The maximum Gasteiger partial charge on any atom is 0.325 e. The van der Waals surface area contributed by atoms with E-state index in [1.165, 1.54) is 0 Å². The molecule has 1 unspecified atom stereocenters. The van der Waals surface area contributed by atoms with E-state index in [0.29, 0.717) is 18.9 Å². The van der Waals surface area contributed by atoms with Crippen LogP contribution < -0.4 is 10.6 Å². The van der Waals surface area contributed by atoms with Gasteiger partial charge in [0.05, 0.1) is 0 Å². The van der Waals surface area contributed by atoms with Crippen molar-refractivity contribution in [1.29, 1.82) is 0 Å². The summed E-state index contributed by atoms with van der Waals surface area (Å²) in [6.45, 7) is 2.73. The van der Waals surface area contributed by atoms with E-state index in [1.54, 1.807) is 4.52 Å². The average molecular weight is 261 g/mol. The van der Waals surface area contributed by atoms with Gasteiger partial charge in [-0.25, -0.2) is 4.52 Å². The molecule has 0 radical (unpaired) electrons. The number of nitrogens with two attached hydrogens (primary N) is 1. The molecule has 0 aromatic carbocycles. The molecular weight excluding hydrogens is 246 g/mol. The van der Waals surface area contributed by atoms with Crippen molar-refractivity contribution in [2.45, 2.75) is 18.9 Å². The van der Waals surface area contributed by atoms with Crippen LogP contribution >= 0.6 is 0 Å². The van der Waals surface area contributed by atoms with Crippen molar-refractivity contribution < 1.29 is 9.90 Å². The molecule has 0 bridgehead atoms. The van der Waals surface area contributed by atoms with Gasteiger partial charge in [0, 0.05) is 18.8 Å². The Morgan fingerprint density at radius 1 is 1.53 bits per heavy atom. The summed E-state index contributed by atoms with van der Waals surface area (Å²) in [5.74, 6) is -0.446. The van der Waals surface area contributed by atoms with Gasteiger partial charge in [0.1, 0.15) is 5.54 Å². The van der Waals surface area contributed by atoms with Gasteiger partial charge in [-0.05, 0) is 25.5 Å². The molecule has 0 spiro atoms. The lowest BCUT2D eigenvalue weighted by Gasteiger charge is -2.18. The Bertz CT molecular complexity index is 653. The summed E-state index contributed by atoms with van der Waals surface area (Å²) in [6.07, 6.45) is 0.400. The summed E-state index contributed by atoms with van der Waals surface area (Å²) < 4.78 is 1.74. The summed E-state index contributed by atoms with van der Waals surface area (Å²) in [5, 5.41) is 13.5. The first-order valence-corrected chi connectivity index (χ1v) is 6.09. The molecule has 7 nitrogen and oxygen atoms in total. The van der Waals surface area contributed by atoms with Gasteiger partial charge in [-0.1, -0.05) is 6.07 Å². The third kappa shape index (κ3) is 1.82. The van der Waals surface area contributed by atoms with Crippen LogP contribution in [0.4, 0.5) is 5.95 Å². The number of nitrogens with zero attached hydrogens (tertiary/aromatic N) is 4. The van der Waals surface area contributed by atoms with Crippen molar-refractivity contribution in [2.24, 2.45) is 5.73 Å². The Labute approximate surface area is 109 Å². The number of pyridine rings is 1. The van der Waals surface area contributed by atoms with Gasteiger partial charge in [0.2, 0.25) is 5.95 Å². The normalized spacial score (nSPS) is 23.2. The van der Waals surface area contributed by atoms with Crippen molar-refractivity contribution in [3.8, 4) is 0 Å². The zero-order valence-electron chi connectivity index (χ0n) is 10.6. The largest absolute Gasteiger partial charge is 0.480 e. The minimum atomic E-state index is -1.20. The van der Waals surface area contributed by atoms with Crippen LogP contribution in [-0.2, 0) is 4.79 Å². The van der Waals surface area contributed by atoms with E-state index in [-0.39, 0.29) is 6.54 Å². The predicted molar refractivity (Wildman–Crippen MR) is 69.1 cm³/mol. The van der Waals surface area contributed by atoms with E-state index in [9.17, 15) is 4.79 Å². The smallest absolute Gasteiger partial charge is 0.325 e. The molecule has 2 aromatic rings. The number of anilines is 1. The number of aliphatic carboxylic acids is 1. The van der Waals surface area contributed by atoms with Gasteiger partial charge in [-0.3, -0.25) is 4.79 Å². The van der Waals surface area contributed by atoms with Crippen LogP contribution in [0.5, 0.6) is 0 Å². The first kappa shape index (κ1) is 11.9. The minimum Gasteiger partial charge on any atom is -0.480 e. The monoisotopic (exact) mass is 261 g/mol. The molecule has 3 N–H and O–H groups in total. The van der Waals surface area contributed by atoms with Gasteiger partial charge >= 0.3 is 5.97 Å². The fourth-order valence-electron chi connectivity index (χ4n) is 2.34. The molecule has 1 aliphatic heterocycles. The molecule has 3 heterocycles. The molecule has 1 fully saturated rings. The molecule has 1 atom stereocenters. The molecule has 0 aliphatic carbocycles. The van der Waals surface area contributed by atoms with E-state index < -0.39 is 11.5 Å². The highest BCUT2D eigenvalue weighted by atomic mass is 16.4. The van der Waals surface area contributed by atoms with Gasteiger partial charge < -0.3 is 15.7 Å². The number of fused-ring (bicyclic) bond motifs is 1. The van der Waals surface area contributed by atoms with Crippen molar-refractivity contribution in [1.82, 2.24) is 14.6 Å². The summed E-state index contributed by atoms with van der Waals surface area (Å²) in [6, 6.07) is 5.73. The number of aromatic nitrogens is 3. The molecule has 1 aliphatic rings. The van der Waals surface area contributed by atoms with Crippen molar-refractivity contribution in [3.05, 3.63) is 23.9 Å². The quantitative estimate of drug-likeness (QED) is 0.791. The first-order chi connectivity index (χ1) is 8.99. The predicted octanol–water partition coefficient (Wildman–Crippen LogP) is 0.0299. The molecular formula is C12H15N5O2.